The highest BCUT2D eigenvalue weighted by molar-refractivity contribution is 5.94. The fourth-order valence-corrected chi connectivity index (χ4v) is 4.20. The lowest BCUT2D eigenvalue weighted by Crippen LogP contribution is -2.40. The molecule has 0 aliphatic carbocycles. The van der Waals surface area contributed by atoms with Crippen molar-refractivity contribution in [3.63, 3.8) is 0 Å². The van der Waals surface area contributed by atoms with Gasteiger partial charge in [-0.25, -0.2) is 0 Å². The molecule has 1 amide bonds. The zero-order valence-electron chi connectivity index (χ0n) is 16.7. The second-order valence-electron chi connectivity index (χ2n) is 8.04. The number of benzene rings is 1. The molecule has 0 bridgehead atoms. The van der Waals surface area contributed by atoms with Crippen molar-refractivity contribution in [3.8, 4) is 0 Å². The third kappa shape index (κ3) is 4.83. The van der Waals surface area contributed by atoms with Gasteiger partial charge in [-0.05, 0) is 75.0 Å². The molecule has 5 nitrogen and oxygen atoms in total. The van der Waals surface area contributed by atoms with Crippen LogP contribution in [0.25, 0.3) is 0 Å². The Labute approximate surface area is 167 Å². The molecule has 3 heterocycles. The summed E-state index contributed by atoms with van der Waals surface area (Å²) in [6, 6.07) is 12.4. The summed E-state index contributed by atoms with van der Waals surface area (Å²) in [7, 11) is 0. The van der Waals surface area contributed by atoms with Crippen LogP contribution in [0.15, 0.2) is 40.8 Å². The number of rotatable bonds is 5. The highest BCUT2D eigenvalue weighted by atomic mass is 16.5. The van der Waals surface area contributed by atoms with Crippen molar-refractivity contribution in [3.05, 3.63) is 59.0 Å². The molecule has 0 spiro atoms. The van der Waals surface area contributed by atoms with Gasteiger partial charge in [0.2, 0.25) is 0 Å². The minimum absolute atomic E-state index is 0.122. The Morgan fingerprint density at radius 2 is 1.71 bits per heavy atom. The first-order valence-electron chi connectivity index (χ1n) is 10.4. The smallest absolute Gasteiger partial charge is 0.254 e. The molecule has 0 atom stereocenters. The zero-order chi connectivity index (χ0) is 19.3. The number of furan rings is 1. The van der Waals surface area contributed by atoms with Gasteiger partial charge in [-0.3, -0.25) is 9.69 Å². The van der Waals surface area contributed by atoms with Crippen molar-refractivity contribution in [1.82, 2.24) is 9.80 Å². The lowest BCUT2D eigenvalue weighted by molar-refractivity contribution is 0.0303. The van der Waals surface area contributed by atoms with Crippen molar-refractivity contribution in [1.29, 1.82) is 0 Å². The van der Waals surface area contributed by atoms with Gasteiger partial charge in [-0.1, -0.05) is 12.1 Å². The van der Waals surface area contributed by atoms with E-state index in [0.717, 1.165) is 49.1 Å². The SMILES string of the molecule is Cc1ccc(CN2CCC(Cc3ccc(C(=O)N4CCOCC4)cc3)CC2)o1. The minimum atomic E-state index is 0.122. The van der Waals surface area contributed by atoms with E-state index in [1.54, 1.807) is 0 Å². The number of likely N-dealkylation sites (tertiary alicyclic amines) is 1. The number of morpholine rings is 1. The third-order valence-electron chi connectivity index (χ3n) is 5.91. The number of hydrogen-bond donors (Lipinski definition) is 0. The maximum Gasteiger partial charge on any atom is 0.254 e. The fraction of sp³-hybridized carbons (Fsp3) is 0.522. The first kappa shape index (κ1) is 19.2. The van der Waals surface area contributed by atoms with E-state index in [9.17, 15) is 4.79 Å². The van der Waals surface area contributed by atoms with Crippen molar-refractivity contribution >= 4 is 5.91 Å². The predicted molar refractivity (Wildman–Crippen MR) is 108 cm³/mol. The molecule has 1 aromatic heterocycles. The maximum atomic E-state index is 12.5. The minimum Gasteiger partial charge on any atom is -0.465 e. The van der Waals surface area contributed by atoms with Crippen molar-refractivity contribution in [2.45, 2.75) is 32.7 Å². The summed E-state index contributed by atoms with van der Waals surface area (Å²) in [6.45, 7) is 7.82. The van der Waals surface area contributed by atoms with Gasteiger partial charge in [0.15, 0.2) is 0 Å². The van der Waals surface area contributed by atoms with Gasteiger partial charge < -0.3 is 14.1 Å². The van der Waals surface area contributed by atoms with E-state index in [1.807, 2.05) is 30.0 Å². The molecule has 0 unspecified atom stereocenters. The highest BCUT2D eigenvalue weighted by Gasteiger charge is 2.21. The number of ether oxygens (including phenoxy) is 1. The van der Waals surface area contributed by atoms with Crippen LogP contribution in [0.4, 0.5) is 0 Å². The van der Waals surface area contributed by atoms with Crippen molar-refractivity contribution in [2.75, 3.05) is 39.4 Å². The van der Waals surface area contributed by atoms with Gasteiger partial charge in [0.05, 0.1) is 19.8 Å². The van der Waals surface area contributed by atoms with Gasteiger partial charge >= 0.3 is 0 Å². The summed E-state index contributed by atoms with van der Waals surface area (Å²) in [5.74, 6) is 2.89. The zero-order valence-corrected chi connectivity index (χ0v) is 16.7. The molecular weight excluding hydrogens is 352 g/mol. The maximum absolute atomic E-state index is 12.5. The van der Waals surface area contributed by atoms with Crippen LogP contribution in [0.3, 0.4) is 0 Å². The molecule has 1 aromatic carbocycles. The van der Waals surface area contributed by atoms with Gasteiger partial charge in [-0.15, -0.1) is 0 Å². The lowest BCUT2D eigenvalue weighted by atomic mass is 9.90. The molecule has 2 saturated heterocycles. The number of piperidine rings is 1. The predicted octanol–water partition coefficient (Wildman–Crippen LogP) is 3.52. The summed E-state index contributed by atoms with van der Waals surface area (Å²) in [4.78, 5) is 16.9. The van der Waals surface area contributed by atoms with Crippen molar-refractivity contribution < 1.29 is 13.9 Å². The summed E-state index contributed by atoms with van der Waals surface area (Å²) in [5.41, 5.74) is 2.12. The Hall–Kier alpha value is -2.11. The van der Waals surface area contributed by atoms with Crippen molar-refractivity contribution in [2.24, 2.45) is 5.92 Å². The quantitative estimate of drug-likeness (QED) is 0.794. The Bertz CT molecular complexity index is 769. The van der Waals surface area contributed by atoms with Crippen LogP contribution in [0.5, 0.6) is 0 Å². The topological polar surface area (TPSA) is 45.9 Å². The normalized spacial score (nSPS) is 19.1. The van der Waals surface area contributed by atoms with Crippen LogP contribution >= 0.6 is 0 Å². The highest BCUT2D eigenvalue weighted by Crippen LogP contribution is 2.23. The van der Waals surface area contributed by atoms with E-state index in [1.165, 1.54) is 18.4 Å². The Morgan fingerprint density at radius 3 is 2.36 bits per heavy atom. The average Bonchev–Trinajstić information content (AvgIpc) is 3.15. The van der Waals surface area contributed by atoms with E-state index in [0.29, 0.717) is 26.3 Å². The second kappa shape index (κ2) is 8.93. The molecule has 0 saturated carbocycles. The molecule has 2 aliphatic heterocycles. The number of nitrogens with zero attached hydrogens (tertiary/aromatic N) is 2. The molecule has 2 fully saturated rings. The molecule has 2 aromatic rings. The van der Waals surface area contributed by atoms with Crippen LogP contribution in [0, 0.1) is 12.8 Å². The van der Waals surface area contributed by atoms with Crippen LogP contribution in [-0.4, -0.2) is 55.1 Å². The summed E-state index contributed by atoms with van der Waals surface area (Å²) >= 11 is 0. The molecule has 28 heavy (non-hydrogen) atoms. The number of carbonyl (C=O) groups excluding carboxylic acids is 1. The summed E-state index contributed by atoms with van der Waals surface area (Å²) < 4.78 is 11.0. The average molecular weight is 383 g/mol. The van der Waals surface area contributed by atoms with E-state index in [2.05, 4.69) is 23.1 Å². The third-order valence-corrected chi connectivity index (χ3v) is 5.91. The molecule has 2 aliphatic rings. The number of amides is 1. The number of hydrogen-bond acceptors (Lipinski definition) is 4. The Balaban J connectivity index is 1.25. The van der Waals surface area contributed by atoms with Crippen LogP contribution in [0.2, 0.25) is 0 Å². The van der Waals surface area contributed by atoms with Crippen LogP contribution < -0.4 is 0 Å². The molecular formula is C23H30N2O3. The van der Waals surface area contributed by atoms with E-state index in [4.69, 9.17) is 9.15 Å². The second-order valence-corrected chi connectivity index (χ2v) is 8.04. The Kier molecular flexibility index (Phi) is 6.13. The first-order valence-corrected chi connectivity index (χ1v) is 10.4. The van der Waals surface area contributed by atoms with E-state index < -0.39 is 0 Å². The van der Waals surface area contributed by atoms with Gasteiger partial charge in [0.25, 0.3) is 5.91 Å². The molecule has 150 valence electrons. The molecule has 0 N–H and O–H groups in total. The molecule has 0 radical (unpaired) electrons. The molecule has 5 heteroatoms. The van der Waals surface area contributed by atoms with Gasteiger partial charge in [-0.2, -0.15) is 0 Å². The standard InChI is InChI=1S/C23H30N2O3/c1-18-2-7-22(28-18)17-24-10-8-20(9-11-24)16-19-3-5-21(6-4-19)23(26)25-12-14-27-15-13-25/h2-7,20H,8-17H2,1H3. The largest absolute Gasteiger partial charge is 0.465 e. The summed E-state index contributed by atoms with van der Waals surface area (Å²) in [5, 5.41) is 0. The van der Waals surface area contributed by atoms with Gasteiger partial charge in [0.1, 0.15) is 11.5 Å². The monoisotopic (exact) mass is 382 g/mol. The first-order chi connectivity index (χ1) is 13.7. The van der Waals surface area contributed by atoms with Crippen LogP contribution in [-0.2, 0) is 17.7 Å². The van der Waals surface area contributed by atoms with Gasteiger partial charge in [0, 0.05) is 18.7 Å². The van der Waals surface area contributed by atoms with E-state index >= 15 is 0 Å². The number of carbonyl (C=O) groups is 1. The fourth-order valence-electron chi connectivity index (χ4n) is 4.20. The lowest BCUT2D eigenvalue weighted by Gasteiger charge is -2.31. The van der Waals surface area contributed by atoms with Crippen LogP contribution in [0.1, 0.15) is 40.3 Å². The number of aryl methyl sites for hydroxylation is 1. The molecule has 4 rings (SSSR count). The summed E-state index contributed by atoms with van der Waals surface area (Å²) in [6.07, 6.45) is 3.53. The Morgan fingerprint density at radius 1 is 1.00 bits per heavy atom. The van der Waals surface area contributed by atoms with E-state index in [-0.39, 0.29) is 5.91 Å².